The Morgan fingerprint density at radius 1 is 1.14 bits per heavy atom. The molecule has 29 heavy (non-hydrogen) atoms. The molecule has 4 rings (SSSR count). The zero-order valence-corrected chi connectivity index (χ0v) is 16.6. The van der Waals surface area contributed by atoms with Crippen molar-refractivity contribution in [2.24, 2.45) is 4.99 Å². The second-order valence-corrected chi connectivity index (χ2v) is 7.30. The molecule has 0 bridgehead atoms. The summed E-state index contributed by atoms with van der Waals surface area (Å²) in [4.78, 5) is 9.72. The molecule has 6 nitrogen and oxygen atoms in total. The molecule has 1 aromatic heterocycles. The Bertz CT molecular complexity index is 1120. The molecule has 0 atom stereocenters. The summed E-state index contributed by atoms with van der Waals surface area (Å²) in [6, 6.07) is 17.7. The minimum atomic E-state index is 0.184. The van der Waals surface area contributed by atoms with Gasteiger partial charge in [-0.25, -0.2) is 4.98 Å². The standard InChI is InChI=1S/C22H18N4O2S/c1-25-13-17-20(14-7-8-18-19(11-14)28-10-9-27-18)16(12-23)21(24)26-22(17)29-15-5-3-2-4-6-15/h2-8,11,13H,9-10H2,1H3,(H2,24,26). The second-order valence-electron chi connectivity index (χ2n) is 6.24. The molecule has 3 aromatic rings. The lowest BCUT2D eigenvalue weighted by Crippen LogP contribution is -2.15. The Labute approximate surface area is 173 Å². The first-order chi connectivity index (χ1) is 14.2. The number of nitriles is 1. The molecule has 0 amide bonds. The highest BCUT2D eigenvalue weighted by Gasteiger charge is 2.22. The average Bonchev–Trinajstić information content (AvgIpc) is 2.75. The predicted molar refractivity (Wildman–Crippen MR) is 114 cm³/mol. The number of aromatic nitrogens is 1. The molecule has 0 saturated heterocycles. The third kappa shape index (κ3) is 3.75. The van der Waals surface area contributed by atoms with Gasteiger partial charge in [0, 0.05) is 29.3 Å². The summed E-state index contributed by atoms with van der Waals surface area (Å²) < 4.78 is 11.3. The maximum absolute atomic E-state index is 9.80. The van der Waals surface area contributed by atoms with Crippen LogP contribution in [-0.4, -0.2) is 31.5 Å². The van der Waals surface area contributed by atoms with Crippen molar-refractivity contribution in [3.8, 4) is 28.7 Å². The number of benzene rings is 2. The van der Waals surface area contributed by atoms with Crippen LogP contribution >= 0.6 is 11.8 Å². The first-order valence-electron chi connectivity index (χ1n) is 9.00. The molecule has 1 aliphatic heterocycles. The minimum absolute atomic E-state index is 0.184. The monoisotopic (exact) mass is 402 g/mol. The Kier molecular flexibility index (Phi) is 5.36. The topological polar surface area (TPSA) is 93.5 Å². The van der Waals surface area contributed by atoms with Crippen molar-refractivity contribution in [3.05, 3.63) is 59.7 Å². The highest BCUT2D eigenvalue weighted by molar-refractivity contribution is 7.99. The van der Waals surface area contributed by atoms with Crippen LogP contribution in [-0.2, 0) is 0 Å². The summed E-state index contributed by atoms with van der Waals surface area (Å²) in [6.07, 6.45) is 1.71. The number of nitrogen functional groups attached to an aromatic ring is 1. The number of fused-ring (bicyclic) bond motifs is 1. The lowest BCUT2D eigenvalue weighted by molar-refractivity contribution is 0.171. The van der Waals surface area contributed by atoms with Crippen LogP contribution in [0.15, 0.2) is 63.4 Å². The quantitative estimate of drug-likeness (QED) is 0.658. The first kappa shape index (κ1) is 18.8. The third-order valence-corrected chi connectivity index (χ3v) is 5.40. The van der Waals surface area contributed by atoms with Crippen molar-refractivity contribution in [3.63, 3.8) is 0 Å². The van der Waals surface area contributed by atoms with Crippen molar-refractivity contribution < 1.29 is 9.47 Å². The van der Waals surface area contributed by atoms with Gasteiger partial charge in [-0.2, -0.15) is 5.26 Å². The lowest BCUT2D eigenvalue weighted by Gasteiger charge is -2.20. The summed E-state index contributed by atoms with van der Waals surface area (Å²) in [5, 5.41) is 10.5. The lowest BCUT2D eigenvalue weighted by atomic mass is 9.96. The fourth-order valence-electron chi connectivity index (χ4n) is 3.13. The maximum Gasteiger partial charge on any atom is 0.161 e. The van der Waals surface area contributed by atoms with Gasteiger partial charge in [0.1, 0.15) is 35.7 Å². The molecule has 2 N–H and O–H groups in total. The maximum atomic E-state index is 9.80. The van der Waals surface area contributed by atoms with Crippen LogP contribution in [0.25, 0.3) is 11.1 Å². The summed E-state index contributed by atoms with van der Waals surface area (Å²) in [6.45, 7) is 1.00. The van der Waals surface area contributed by atoms with Gasteiger partial charge in [0.25, 0.3) is 0 Å². The fraction of sp³-hybridized carbons (Fsp3) is 0.136. The highest BCUT2D eigenvalue weighted by Crippen LogP contribution is 2.41. The van der Waals surface area contributed by atoms with Crippen molar-refractivity contribution in [2.75, 3.05) is 26.0 Å². The smallest absolute Gasteiger partial charge is 0.161 e. The number of pyridine rings is 1. The first-order valence-corrected chi connectivity index (χ1v) is 9.81. The molecule has 0 aliphatic carbocycles. The van der Waals surface area contributed by atoms with Crippen molar-refractivity contribution in [1.29, 1.82) is 5.26 Å². The number of hydrogen-bond donors (Lipinski definition) is 1. The molecule has 2 aromatic carbocycles. The van der Waals surface area contributed by atoms with Gasteiger partial charge in [0.05, 0.1) is 0 Å². The van der Waals surface area contributed by atoms with Crippen LogP contribution in [0.3, 0.4) is 0 Å². The van der Waals surface area contributed by atoms with Gasteiger partial charge in [-0.15, -0.1) is 0 Å². The molecule has 0 unspecified atom stereocenters. The highest BCUT2D eigenvalue weighted by atomic mass is 32.2. The van der Waals surface area contributed by atoms with Gasteiger partial charge in [-0.05, 0) is 29.8 Å². The molecular weight excluding hydrogens is 384 g/mol. The van der Waals surface area contributed by atoms with Crippen molar-refractivity contribution in [1.82, 2.24) is 4.98 Å². The third-order valence-electron chi connectivity index (χ3n) is 4.39. The predicted octanol–water partition coefficient (Wildman–Crippen LogP) is 4.17. The van der Waals surface area contributed by atoms with Crippen LogP contribution in [0.4, 0.5) is 5.82 Å². The molecule has 7 heteroatoms. The van der Waals surface area contributed by atoms with Crippen LogP contribution in [0.2, 0.25) is 0 Å². The number of anilines is 1. The van der Waals surface area contributed by atoms with Gasteiger partial charge >= 0.3 is 0 Å². The number of ether oxygens (including phenoxy) is 2. The van der Waals surface area contributed by atoms with Gasteiger partial charge < -0.3 is 15.2 Å². The van der Waals surface area contributed by atoms with Gasteiger partial charge in [-0.1, -0.05) is 36.0 Å². The van der Waals surface area contributed by atoms with Crippen molar-refractivity contribution >= 4 is 23.8 Å². The van der Waals surface area contributed by atoms with E-state index < -0.39 is 0 Å². The van der Waals surface area contributed by atoms with E-state index in [0.29, 0.717) is 40.9 Å². The van der Waals surface area contributed by atoms with Gasteiger partial charge in [-0.3, -0.25) is 4.99 Å². The minimum Gasteiger partial charge on any atom is -0.486 e. The van der Waals surface area contributed by atoms with E-state index in [4.69, 9.17) is 15.2 Å². The Hall–Kier alpha value is -3.50. The fourth-order valence-corrected chi connectivity index (χ4v) is 4.06. The zero-order chi connectivity index (χ0) is 20.2. The number of aliphatic imine (C=N–C) groups is 1. The van der Waals surface area contributed by atoms with E-state index in [1.807, 2.05) is 48.5 Å². The van der Waals surface area contributed by atoms with E-state index in [9.17, 15) is 5.26 Å². The van der Waals surface area contributed by atoms with Crippen LogP contribution < -0.4 is 15.2 Å². The normalized spacial score (nSPS) is 12.7. The van der Waals surface area contributed by atoms with E-state index in [2.05, 4.69) is 16.0 Å². The largest absolute Gasteiger partial charge is 0.486 e. The molecule has 0 spiro atoms. The van der Waals surface area contributed by atoms with Gasteiger partial charge in [0.15, 0.2) is 11.5 Å². The molecule has 0 radical (unpaired) electrons. The van der Waals surface area contributed by atoms with Gasteiger partial charge in [0.2, 0.25) is 0 Å². The average molecular weight is 402 g/mol. The molecule has 2 heterocycles. The van der Waals surface area contributed by atoms with Crippen molar-refractivity contribution in [2.45, 2.75) is 9.92 Å². The zero-order valence-electron chi connectivity index (χ0n) is 15.8. The summed E-state index contributed by atoms with van der Waals surface area (Å²) in [5.74, 6) is 1.51. The SMILES string of the molecule is CN=Cc1c(Sc2ccccc2)nc(N)c(C#N)c1-c1ccc2c(c1)OCCO2. The van der Waals surface area contributed by atoms with E-state index in [0.717, 1.165) is 16.0 Å². The van der Waals surface area contributed by atoms with E-state index in [1.165, 1.54) is 11.8 Å². The number of nitrogens with two attached hydrogens (primary N) is 1. The second kappa shape index (κ2) is 8.25. The van der Waals surface area contributed by atoms with Crippen LogP contribution in [0, 0.1) is 11.3 Å². The number of hydrogen-bond acceptors (Lipinski definition) is 7. The molecule has 0 saturated carbocycles. The number of rotatable bonds is 4. The van der Waals surface area contributed by atoms with E-state index >= 15 is 0 Å². The Morgan fingerprint density at radius 2 is 1.90 bits per heavy atom. The Balaban J connectivity index is 1.93. The molecular formula is C22H18N4O2S. The molecule has 144 valence electrons. The van der Waals surface area contributed by atoms with Crippen LogP contribution in [0.5, 0.6) is 11.5 Å². The molecule has 1 aliphatic rings. The summed E-state index contributed by atoms with van der Waals surface area (Å²) in [7, 11) is 1.69. The Morgan fingerprint density at radius 3 is 2.62 bits per heavy atom. The number of nitrogens with zero attached hydrogens (tertiary/aromatic N) is 3. The molecule has 0 fully saturated rings. The van der Waals surface area contributed by atoms with E-state index in [-0.39, 0.29) is 5.82 Å². The van der Waals surface area contributed by atoms with Crippen LogP contribution in [0.1, 0.15) is 11.1 Å². The summed E-state index contributed by atoms with van der Waals surface area (Å²) in [5.41, 5.74) is 8.71. The van der Waals surface area contributed by atoms with E-state index in [1.54, 1.807) is 13.3 Å². The summed E-state index contributed by atoms with van der Waals surface area (Å²) >= 11 is 1.48.